The second-order valence-electron chi connectivity index (χ2n) is 7.37. The van der Waals surface area contributed by atoms with Crippen molar-refractivity contribution in [3.8, 4) is 0 Å². The Labute approximate surface area is 199 Å². The van der Waals surface area contributed by atoms with Crippen LogP contribution < -0.4 is 15.5 Å². The lowest BCUT2D eigenvalue weighted by molar-refractivity contribution is 0.122. The molecule has 1 aliphatic rings. The lowest BCUT2D eigenvalue weighted by Crippen LogP contribution is -2.37. The summed E-state index contributed by atoms with van der Waals surface area (Å²) in [4.78, 5) is 28.2. The van der Waals surface area contributed by atoms with E-state index in [1.165, 1.54) is 11.8 Å². The second kappa shape index (κ2) is 9.70. The highest BCUT2D eigenvalue weighted by Crippen LogP contribution is 2.34. The van der Waals surface area contributed by atoms with E-state index < -0.39 is 6.03 Å². The molecule has 1 aliphatic heterocycles. The van der Waals surface area contributed by atoms with Crippen LogP contribution in [0.4, 0.5) is 22.2 Å². The summed E-state index contributed by atoms with van der Waals surface area (Å²) in [6.45, 7) is 2.72. The zero-order valence-electron chi connectivity index (χ0n) is 17.5. The lowest BCUT2D eigenvalue weighted by atomic mass is 10.2. The Morgan fingerprint density at radius 3 is 2.67 bits per heavy atom. The van der Waals surface area contributed by atoms with Crippen molar-refractivity contribution in [2.24, 2.45) is 0 Å². The van der Waals surface area contributed by atoms with Crippen LogP contribution in [0.1, 0.15) is 0 Å². The summed E-state index contributed by atoms with van der Waals surface area (Å²) in [5, 5.41) is 7.98. The highest BCUT2D eigenvalue weighted by molar-refractivity contribution is 7.99. The molecule has 8 nitrogen and oxygen atoms in total. The summed E-state index contributed by atoms with van der Waals surface area (Å²) in [5.74, 6) is 0.977. The number of urea groups is 1. The molecule has 0 saturated carbocycles. The number of H-pyrrole nitrogens is 1. The van der Waals surface area contributed by atoms with E-state index in [1.54, 1.807) is 24.3 Å². The van der Waals surface area contributed by atoms with Crippen LogP contribution >= 0.6 is 23.4 Å². The average molecular weight is 481 g/mol. The number of aromatic amines is 1. The number of hydrogen-bond acceptors (Lipinski definition) is 6. The molecule has 4 aromatic rings. The highest BCUT2D eigenvalue weighted by Gasteiger charge is 2.17. The van der Waals surface area contributed by atoms with Gasteiger partial charge in [0.05, 0.1) is 13.2 Å². The van der Waals surface area contributed by atoms with E-state index in [1.807, 2.05) is 30.5 Å². The van der Waals surface area contributed by atoms with Crippen LogP contribution in [0, 0.1) is 0 Å². The third-order valence-corrected chi connectivity index (χ3v) is 6.35. The van der Waals surface area contributed by atoms with Crippen molar-refractivity contribution in [3.05, 3.63) is 65.8 Å². The normalized spacial score (nSPS) is 13.8. The van der Waals surface area contributed by atoms with Crippen LogP contribution in [-0.4, -0.2) is 47.3 Å². The Bertz CT molecular complexity index is 1270. The fourth-order valence-electron chi connectivity index (χ4n) is 3.51. The summed E-state index contributed by atoms with van der Waals surface area (Å²) in [5.41, 5.74) is 1.68. The molecule has 1 fully saturated rings. The predicted octanol–water partition coefficient (Wildman–Crippen LogP) is 5.24. The molecule has 2 aromatic heterocycles. The topological polar surface area (TPSA) is 95.2 Å². The number of halogens is 1. The summed E-state index contributed by atoms with van der Waals surface area (Å²) in [7, 11) is 0. The zero-order chi connectivity index (χ0) is 22.6. The minimum atomic E-state index is -0.431. The maximum atomic E-state index is 12.6. The Morgan fingerprint density at radius 2 is 1.85 bits per heavy atom. The summed E-state index contributed by atoms with van der Waals surface area (Å²) < 4.78 is 5.47. The molecule has 0 atom stereocenters. The number of carbonyl (C=O) groups is 1. The molecule has 5 rings (SSSR count). The number of aromatic nitrogens is 3. The molecule has 0 aliphatic carbocycles. The minimum absolute atomic E-state index is 0.229. The van der Waals surface area contributed by atoms with Crippen molar-refractivity contribution in [1.82, 2.24) is 15.0 Å². The first-order valence-corrected chi connectivity index (χ1v) is 11.6. The van der Waals surface area contributed by atoms with Crippen molar-refractivity contribution in [2.45, 2.75) is 9.92 Å². The van der Waals surface area contributed by atoms with E-state index in [-0.39, 0.29) is 5.95 Å². The molecule has 10 heteroatoms. The van der Waals surface area contributed by atoms with Crippen molar-refractivity contribution >= 4 is 57.8 Å². The quantitative estimate of drug-likeness (QED) is 0.338. The molecular weight excluding hydrogens is 460 g/mol. The predicted molar refractivity (Wildman–Crippen MR) is 132 cm³/mol. The number of fused-ring (bicyclic) bond motifs is 1. The number of nitrogens with zero attached hydrogens (tertiary/aromatic N) is 3. The van der Waals surface area contributed by atoms with Gasteiger partial charge in [-0.1, -0.05) is 41.6 Å². The number of morpholine rings is 1. The van der Waals surface area contributed by atoms with Crippen molar-refractivity contribution in [1.29, 1.82) is 0 Å². The molecule has 1 saturated heterocycles. The number of anilines is 3. The Morgan fingerprint density at radius 1 is 1.06 bits per heavy atom. The van der Waals surface area contributed by atoms with Gasteiger partial charge in [-0.3, -0.25) is 5.32 Å². The Hall–Kier alpha value is -3.27. The van der Waals surface area contributed by atoms with Gasteiger partial charge in [-0.2, -0.15) is 4.98 Å². The maximum Gasteiger partial charge on any atom is 0.326 e. The van der Waals surface area contributed by atoms with Crippen LogP contribution in [0.15, 0.2) is 70.7 Å². The third kappa shape index (κ3) is 5.22. The van der Waals surface area contributed by atoms with Crippen LogP contribution in [0.2, 0.25) is 5.02 Å². The monoisotopic (exact) mass is 480 g/mol. The molecule has 0 radical (unpaired) electrons. The smallest absolute Gasteiger partial charge is 0.326 e. The molecule has 0 bridgehead atoms. The van der Waals surface area contributed by atoms with Gasteiger partial charge in [-0.25, -0.2) is 9.78 Å². The minimum Gasteiger partial charge on any atom is -0.378 e. The van der Waals surface area contributed by atoms with Gasteiger partial charge in [0, 0.05) is 51.9 Å². The standard InChI is InChI=1S/C23H21ClN6O2S/c24-15-5-7-16(8-6-15)26-23(31)29-22-27-20(30-9-11-32-12-10-30)13-21(28-22)33-19-14-25-18-4-2-1-3-17(18)19/h1-8,13-14,25H,9-12H2,(H2,26,27,28,29,31). The first-order chi connectivity index (χ1) is 16.1. The number of hydrogen-bond donors (Lipinski definition) is 3. The van der Waals surface area contributed by atoms with Gasteiger partial charge in [-0.05, 0) is 30.3 Å². The van der Waals surface area contributed by atoms with E-state index in [4.69, 9.17) is 16.3 Å². The molecule has 3 N–H and O–H groups in total. The van der Waals surface area contributed by atoms with Gasteiger partial charge in [0.25, 0.3) is 0 Å². The van der Waals surface area contributed by atoms with Crippen LogP contribution in [0.5, 0.6) is 0 Å². The largest absolute Gasteiger partial charge is 0.378 e. The maximum absolute atomic E-state index is 12.6. The fraction of sp³-hybridized carbons (Fsp3) is 0.174. The summed E-state index contributed by atoms with van der Waals surface area (Å²) in [6.07, 6.45) is 1.96. The average Bonchev–Trinajstić information content (AvgIpc) is 3.24. The van der Waals surface area contributed by atoms with E-state index in [2.05, 4.69) is 36.6 Å². The SMILES string of the molecule is O=C(Nc1ccc(Cl)cc1)Nc1nc(Sc2c[nH]c3ccccc23)cc(N2CCOCC2)n1. The van der Waals surface area contributed by atoms with Crippen LogP contribution in [0.3, 0.4) is 0 Å². The van der Waals surface area contributed by atoms with Crippen LogP contribution in [-0.2, 0) is 4.74 Å². The first-order valence-electron chi connectivity index (χ1n) is 10.4. The molecule has 3 heterocycles. The van der Waals surface area contributed by atoms with Gasteiger partial charge < -0.3 is 19.9 Å². The van der Waals surface area contributed by atoms with E-state index in [0.29, 0.717) is 23.9 Å². The van der Waals surface area contributed by atoms with Crippen LogP contribution in [0.25, 0.3) is 10.9 Å². The Kier molecular flexibility index (Phi) is 6.34. The number of ether oxygens (including phenoxy) is 1. The molecular formula is C23H21ClN6O2S. The summed E-state index contributed by atoms with van der Waals surface area (Å²) in [6, 6.07) is 16.5. The van der Waals surface area contributed by atoms with E-state index in [0.717, 1.165) is 39.7 Å². The number of amides is 2. The van der Waals surface area contributed by atoms with E-state index >= 15 is 0 Å². The molecule has 0 unspecified atom stereocenters. The Balaban J connectivity index is 1.41. The van der Waals surface area contributed by atoms with Gasteiger partial charge in [0.1, 0.15) is 10.8 Å². The molecule has 2 amide bonds. The van der Waals surface area contributed by atoms with Crippen molar-refractivity contribution < 1.29 is 9.53 Å². The molecule has 2 aromatic carbocycles. The fourth-order valence-corrected chi connectivity index (χ4v) is 4.57. The number of rotatable bonds is 5. The van der Waals surface area contributed by atoms with Gasteiger partial charge in [0.15, 0.2) is 0 Å². The highest BCUT2D eigenvalue weighted by atomic mass is 35.5. The zero-order valence-corrected chi connectivity index (χ0v) is 19.1. The van der Waals surface area contributed by atoms with E-state index in [9.17, 15) is 4.79 Å². The first kappa shape index (κ1) is 21.6. The number of benzene rings is 2. The number of carbonyl (C=O) groups excluding carboxylic acids is 1. The van der Waals surface area contributed by atoms with Gasteiger partial charge in [0.2, 0.25) is 5.95 Å². The second-order valence-corrected chi connectivity index (χ2v) is 8.87. The molecule has 168 valence electrons. The summed E-state index contributed by atoms with van der Waals surface area (Å²) >= 11 is 7.44. The molecule has 0 spiro atoms. The lowest BCUT2D eigenvalue weighted by Gasteiger charge is -2.28. The van der Waals surface area contributed by atoms with Crippen molar-refractivity contribution in [2.75, 3.05) is 41.8 Å². The van der Waals surface area contributed by atoms with Crippen molar-refractivity contribution in [3.63, 3.8) is 0 Å². The number of nitrogens with one attached hydrogen (secondary N) is 3. The molecule has 33 heavy (non-hydrogen) atoms. The van der Waals surface area contributed by atoms with Gasteiger partial charge in [-0.15, -0.1) is 0 Å². The van der Waals surface area contributed by atoms with Gasteiger partial charge >= 0.3 is 6.03 Å². The third-order valence-electron chi connectivity index (χ3n) is 5.12. The number of para-hydroxylation sites is 1.